The predicted octanol–water partition coefficient (Wildman–Crippen LogP) is 6.49. The fourth-order valence-electron chi connectivity index (χ4n) is 7.59. The number of ether oxygens (including phenoxy) is 3. The molecule has 6 nitrogen and oxygen atoms in total. The van der Waals surface area contributed by atoms with E-state index in [1.54, 1.807) is 43.5 Å². The van der Waals surface area contributed by atoms with Gasteiger partial charge in [-0.3, -0.25) is 4.79 Å². The van der Waals surface area contributed by atoms with Crippen LogP contribution in [-0.2, 0) is 16.8 Å². The number of esters is 1. The summed E-state index contributed by atoms with van der Waals surface area (Å²) >= 11 is 0. The Morgan fingerprint density at radius 2 is 1.51 bits per heavy atom. The van der Waals surface area contributed by atoms with Crippen molar-refractivity contribution in [3.63, 3.8) is 0 Å². The van der Waals surface area contributed by atoms with Crippen molar-refractivity contribution in [3.05, 3.63) is 89.0 Å². The zero-order chi connectivity index (χ0) is 27.0. The fraction of sp³-hybridized carbons (Fsp3) is 0.394. The van der Waals surface area contributed by atoms with Gasteiger partial charge in [-0.15, -0.1) is 0 Å². The molecule has 39 heavy (non-hydrogen) atoms. The summed E-state index contributed by atoms with van der Waals surface area (Å²) in [5.74, 6) is 2.23. The van der Waals surface area contributed by atoms with Crippen LogP contribution in [0.15, 0.2) is 66.7 Å². The second-order valence-electron chi connectivity index (χ2n) is 11.5. The fourth-order valence-corrected chi connectivity index (χ4v) is 7.59. The summed E-state index contributed by atoms with van der Waals surface area (Å²) < 4.78 is 16.9. The predicted molar refractivity (Wildman–Crippen MR) is 146 cm³/mol. The van der Waals surface area contributed by atoms with E-state index in [0.29, 0.717) is 40.4 Å². The highest BCUT2D eigenvalue weighted by Gasteiger charge is 2.54. The van der Waals surface area contributed by atoms with Crippen LogP contribution < -0.4 is 9.47 Å². The molecule has 0 unspecified atom stereocenters. The highest BCUT2D eigenvalue weighted by molar-refractivity contribution is 5.97. The van der Waals surface area contributed by atoms with Crippen molar-refractivity contribution >= 4 is 11.8 Å². The first kappa shape index (κ1) is 25.5. The van der Waals surface area contributed by atoms with Crippen molar-refractivity contribution in [2.45, 2.75) is 50.5 Å². The van der Waals surface area contributed by atoms with Crippen LogP contribution in [0.25, 0.3) is 0 Å². The number of carbonyl (C=O) groups excluding carboxylic acids is 2. The van der Waals surface area contributed by atoms with E-state index in [9.17, 15) is 14.7 Å². The Morgan fingerprint density at radius 3 is 2.13 bits per heavy atom. The summed E-state index contributed by atoms with van der Waals surface area (Å²) in [4.78, 5) is 26.1. The summed E-state index contributed by atoms with van der Waals surface area (Å²) in [6.45, 7) is -0.0383. The van der Waals surface area contributed by atoms with Crippen LogP contribution in [0, 0.1) is 17.8 Å². The van der Waals surface area contributed by atoms with Crippen molar-refractivity contribution < 1.29 is 28.9 Å². The van der Waals surface area contributed by atoms with E-state index in [1.165, 1.54) is 19.3 Å². The van der Waals surface area contributed by atoms with Crippen LogP contribution in [0.5, 0.6) is 17.2 Å². The maximum Gasteiger partial charge on any atom is 0.342 e. The first-order chi connectivity index (χ1) is 18.9. The first-order valence-corrected chi connectivity index (χ1v) is 13.8. The molecule has 4 saturated carbocycles. The minimum Gasteiger partial charge on any atom is -0.507 e. The van der Waals surface area contributed by atoms with E-state index in [-0.39, 0.29) is 35.7 Å². The molecule has 0 saturated heterocycles. The summed E-state index contributed by atoms with van der Waals surface area (Å²) in [5, 5.41) is 11.7. The van der Waals surface area contributed by atoms with Crippen LogP contribution in [0.2, 0.25) is 0 Å². The van der Waals surface area contributed by atoms with Gasteiger partial charge in [0.25, 0.3) is 0 Å². The Bertz CT molecular complexity index is 1330. The molecule has 4 fully saturated rings. The van der Waals surface area contributed by atoms with Gasteiger partial charge in [-0.1, -0.05) is 30.3 Å². The van der Waals surface area contributed by atoms with Gasteiger partial charge >= 0.3 is 5.97 Å². The largest absolute Gasteiger partial charge is 0.507 e. The molecule has 4 aliphatic rings. The first-order valence-electron chi connectivity index (χ1n) is 13.8. The summed E-state index contributed by atoms with van der Waals surface area (Å²) in [6.07, 6.45) is 6.63. The number of phenolic OH excluding ortho intramolecular Hbond substituents is 1. The molecule has 6 heteroatoms. The van der Waals surface area contributed by atoms with Gasteiger partial charge in [-0.05, 0) is 98.2 Å². The number of hydrogen-bond acceptors (Lipinski definition) is 6. The standard InChI is InChI=1S/C33H34O6/c1-37-26-9-7-25(8-10-26)28(34)20-38-29-12-11-27(32(36)39-19-21-5-3-2-4-6-21)31(35)30(29)33-16-22-13-23(17-33)15-24(14-22)18-33/h2-12,22-24,35H,13-20H2,1H3. The van der Waals surface area contributed by atoms with Gasteiger partial charge in [-0.25, -0.2) is 4.79 Å². The molecule has 1 N–H and O–H groups in total. The van der Waals surface area contributed by atoms with Gasteiger partial charge in [0, 0.05) is 16.5 Å². The molecule has 3 aromatic carbocycles. The maximum absolute atomic E-state index is 13.1. The third kappa shape index (κ3) is 5.00. The Morgan fingerprint density at radius 1 is 0.872 bits per heavy atom. The van der Waals surface area contributed by atoms with Crippen LogP contribution in [-0.4, -0.2) is 30.6 Å². The maximum atomic E-state index is 13.1. The Kier molecular flexibility index (Phi) is 6.79. The molecular formula is C33H34O6. The topological polar surface area (TPSA) is 82.1 Å². The Balaban J connectivity index is 1.30. The molecule has 4 bridgehead atoms. The second-order valence-corrected chi connectivity index (χ2v) is 11.5. The highest BCUT2D eigenvalue weighted by Crippen LogP contribution is 2.63. The van der Waals surface area contributed by atoms with E-state index in [1.807, 2.05) is 30.3 Å². The van der Waals surface area contributed by atoms with Gasteiger partial charge < -0.3 is 19.3 Å². The van der Waals surface area contributed by atoms with Gasteiger partial charge in [0.1, 0.15) is 29.4 Å². The van der Waals surface area contributed by atoms with Crippen molar-refractivity contribution in [2.75, 3.05) is 13.7 Å². The zero-order valence-corrected chi connectivity index (χ0v) is 22.2. The lowest BCUT2D eigenvalue weighted by Gasteiger charge is -2.57. The number of aromatic hydroxyl groups is 1. The molecule has 0 atom stereocenters. The molecule has 4 aliphatic carbocycles. The summed E-state index contributed by atoms with van der Waals surface area (Å²) in [6, 6.07) is 19.7. The lowest BCUT2D eigenvalue weighted by Crippen LogP contribution is -2.48. The minimum atomic E-state index is -0.566. The van der Waals surface area contributed by atoms with Crippen LogP contribution in [0.1, 0.15) is 70.4 Å². The lowest BCUT2D eigenvalue weighted by molar-refractivity contribution is -0.00743. The normalized spacial score (nSPS) is 24.8. The van der Waals surface area contributed by atoms with E-state index in [4.69, 9.17) is 14.2 Å². The number of rotatable bonds is 9. The zero-order valence-electron chi connectivity index (χ0n) is 22.2. The molecule has 0 heterocycles. The Labute approximate surface area is 228 Å². The highest BCUT2D eigenvalue weighted by atomic mass is 16.5. The summed E-state index contributed by atoms with van der Waals surface area (Å²) in [5.41, 5.74) is 1.97. The van der Waals surface area contributed by atoms with Crippen LogP contribution in [0.3, 0.4) is 0 Å². The van der Waals surface area contributed by atoms with Crippen molar-refractivity contribution in [2.24, 2.45) is 17.8 Å². The molecule has 3 aromatic rings. The lowest BCUT2D eigenvalue weighted by atomic mass is 9.48. The number of benzene rings is 3. The van der Waals surface area contributed by atoms with E-state index in [0.717, 1.165) is 24.8 Å². The average molecular weight is 527 g/mol. The second kappa shape index (κ2) is 10.4. The Hall–Kier alpha value is -3.80. The summed E-state index contributed by atoms with van der Waals surface area (Å²) in [7, 11) is 1.58. The number of carbonyl (C=O) groups is 2. The molecule has 0 amide bonds. The van der Waals surface area contributed by atoms with Crippen LogP contribution >= 0.6 is 0 Å². The van der Waals surface area contributed by atoms with Gasteiger partial charge in [-0.2, -0.15) is 0 Å². The SMILES string of the molecule is COc1ccc(C(=O)COc2ccc(C(=O)OCc3ccccc3)c(O)c2C23CC4CC(CC(C4)C2)C3)cc1. The van der Waals surface area contributed by atoms with Gasteiger partial charge in [0.15, 0.2) is 12.4 Å². The number of Topliss-reactive ketones (excluding diaryl/α,β-unsaturated/α-hetero) is 1. The third-order valence-corrected chi connectivity index (χ3v) is 8.91. The monoisotopic (exact) mass is 526 g/mol. The average Bonchev–Trinajstić information content (AvgIpc) is 2.94. The molecule has 202 valence electrons. The molecule has 7 rings (SSSR count). The molecule has 0 spiro atoms. The van der Waals surface area contributed by atoms with Crippen molar-refractivity contribution in [3.8, 4) is 17.2 Å². The molecule has 0 aromatic heterocycles. The van der Waals surface area contributed by atoms with E-state index < -0.39 is 5.97 Å². The number of ketones is 1. The molecule has 0 radical (unpaired) electrons. The minimum absolute atomic E-state index is 0.0654. The van der Waals surface area contributed by atoms with Crippen molar-refractivity contribution in [1.82, 2.24) is 0 Å². The van der Waals surface area contributed by atoms with Gasteiger partial charge in [0.05, 0.1) is 7.11 Å². The third-order valence-electron chi connectivity index (χ3n) is 8.91. The van der Waals surface area contributed by atoms with Crippen molar-refractivity contribution in [1.29, 1.82) is 0 Å². The van der Waals surface area contributed by atoms with E-state index in [2.05, 4.69) is 0 Å². The number of methoxy groups -OCH3 is 1. The van der Waals surface area contributed by atoms with Crippen LogP contribution in [0.4, 0.5) is 0 Å². The smallest absolute Gasteiger partial charge is 0.342 e. The number of hydrogen-bond donors (Lipinski definition) is 1. The quantitative estimate of drug-likeness (QED) is 0.254. The molecule has 0 aliphatic heterocycles. The van der Waals surface area contributed by atoms with E-state index >= 15 is 0 Å². The van der Waals surface area contributed by atoms with Gasteiger partial charge in [0.2, 0.25) is 0 Å². The molecular weight excluding hydrogens is 492 g/mol. The number of phenols is 1.